The van der Waals surface area contributed by atoms with E-state index in [2.05, 4.69) is 60.6 Å². The van der Waals surface area contributed by atoms with Crippen LogP contribution in [-0.4, -0.2) is 65.9 Å². The van der Waals surface area contributed by atoms with E-state index in [1.54, 1.807) is 0 Å². The summed E-state index contributed by atoms with van der Waals surface area (Å²) in [6.07, 6.45) is 8.73. The van der Waals surface area contributed by atoms with Gasteiger partial charge in [0.1, 0.15) is 11.6 Å². The zero-order valence-corrected chi connectivity index (χ0v) is 30.0. The molecule has 3 aromatic rings. The quantitative estimate of drug-likeness (QED) is 0.110. The van der Waals surface area contributed by atoms with E-state index in [9.17, 15) is 22.4 Å². The molecule has 1 fully saturated rings. The number of carbonyl (C=O) groups is 2. The second-order valence-corrected chi connectivity index (χ2v) is 14.8. The maximum absolute atomic E-state index is 14.2. The van der Waals surface area contributed by atoms with E-state index in [1.807, 2.05) is 24.3 Å². The molecule has 1 aliphatic rings. The molecule has 1 saturated heterocycles. The number of sulfonamides is 1. The molecule has 49 heavy (non-hydrogen) atoms. The zero-order valence-electron chi connectivity index (χ0n) is 27.6. The highest BCUT2D eigenvalue weighted by atomic mass is 79.9. The number of hydrogen-bond acceptors (Lipinski definition) is 8. The number of carbonyl (C=O) groups excluding carboxylic acids is 2. The summed E-state index contributed by atoms with van der Waals surface area (Å²) in [5.41, 5.74) is 7.36. The molecule has 0 atom stereocenters. The summed E-state index contributed by atoms with van der Waals surface area (Å²) in [4.78, 5) is 32.9. The normalized spacial score (nSPS) is 13.7. The molecule has 0 spiro atoms. The highest BCUT2D eigenvalue weighted by Crippen LogP contribution is 2.28. The lowest BCUT2D eigenvalue weighted by Gasteiger charge is -2.31. The molecule has 5 N–H and O–H groups in total. The van der Waals surface area contributed by atoms with E-state index in [1.165, 1.54) is 35.5 Å². The molecule has 0 bridgehead atoms. The third kappa shape index (κ3) is 11.8. The molecule has 4 rings (SSSR count). The second kappa shape index (κ2) is 18.6. The Labute approximate surface area is 296 Å². The van der Waals surface area contributed by atoms with Crippen LogP contribution in [-0.2, 0) is 21.2 Å². The summed E-state index contributed by atoms with van der Waals surface area (Å²) in [6, 6.07) is 12.1. The number of halogens is 2. The summed E-state index contributed by atoms with van der Waals surface area (Å²) >= 11 is 3.36. The lowest BCUT2D eigenvalue weighted by molar-refractivity contribution is -0.121. The van der Waals surface area contributed by atoms with E-state index >= 15 is 0 Å². The predicted octanol–water partition coefficient (Wildman–Crippen LogP) is 5.50. The van der Waals surface area contributed by atoms with E-state index in [4.69, 9.17) is 5.73 Å². The average molecular weight is 757 g/mol. The Hall–Kier alpha value is -4.06. The number of nitrogens with zero attached hydrogens (tertiary/aromatic N) is 3. The zero-order chi connectivity index (χ0) is 35.2. The fourth-order valence-electron chi connectivity index (χ4n) is 5.36. The minimum Gasteiger partial charge on any atom is -0.365 e. The first-order valence-corrected chi connectivity index (χ1v) is 18.9. The Morgan fingerprint density at radius 1 is 1.10 bits per heavy atom. The number of piperidine rings is 1. The minimum atomic E-state index is -3.55. The molecule has 0 radical (unpaired) electrons. The van der Waals surface area contributed by atoms with Crippen molar-refractivity contribution in [3.63, 3.8) is 0 Å². The van der Waals surface area contributed by atoms with E-state index in [0.717, 1.165) is 36.5 Å². The van der Waals surface area contributed by atoms with E-state index < -0.39 is 21.7 Å². The van der Waals surface area contributed by atoms with Crippen LogP contribution >= 0.6 is 15.9 Å². The van der Waals surface area contributed by atoms with Crippen LogP contribution in [0, 0.1) is 17.7 Å². The van der Waals surface area contributed by atoms with E-state index in [0.29, 0.717) is 49.1 Å². The Kier molecular flexibility index (Phi) is 14.4. The molecule has 1 aromatic heterocycles. The summed E-state index contributed by atoms with van der Waals surface area (Å²) < 4.78 is 42.1. The fraction of sp³-hybridized carbons (Fsp3) is 0.429. The van der Waals surface area contributed by atoms with Gasteiger partial charge in [0, 0.05) is 50.3 Å². The molecule has 1 aliphatic heterocycles. The van der Waals surface area contributed by atoms with Crippen molar-refractivity contribution in [2.75, 3.05) is 36.0 Å². The van der Waals surface area contributed by atoms with Crippen LogP contribution in [0.25, 0.3) is 0 Å². The van der Waals surface area contributed by atoms with E-state index in [-0.39, 0.29) is 41.4 Å². The molecule has 262 valence electrons. The van der Waals surface area contributed by atoms with Crippen molar-refractivity contribution in [2.45, 2.75) is 70.8 Å². The molecule has 0 aliphatic carbocycles. The van der Waals surface area contributed by atoms with Crippen molar-refractivity contribution in [1.29, 1.82) is 0 Å². The standard InChI is InChI=1S/C35H43BrFN7O4S/c1-2-3-4-5-6-9-25-14-16-26(17-15-25)10-7-13-31(45)39-20-23-49(47,48)44-21-18-27(19-22-44)41-35-40-24-28(36)34(43-35)42-30-12-8-11-29(37)32(30)33(38)46/h8,11-12,14-17,24,27H,2-5,7,10,13,18-23H2,1H3,(H2,38,46)(H,39,45)(H2,40,41,42,43). The lowest BCUT2D eigenvalue weighted by Crippen LogP contribution is -2.45. The Morgan fingerprint density at radius 2 is 1.86 bits per heavy atom. The van der Waals surface area contributed by atoms with Crippen molar-refractivity contribution in [2.24, 2.45) is 5.73 Å². The lowest BCUT2D eigenvalue weighted by atomic mass is 10.1. The van der Waals surface area contributed by atoms with Crippen molar-refractivity contribution in [3.8, 4) is 11.8 Å². The van der Waals surface area contributed by atoms with Gasteiger partial charge < -0.3 is 21.7 Å². The molecule has 0 saturated carbocycles. The number of primary amides is 1. The highest BCUT2D eigenvalue weighted by Gasteiger charge is 2.28. The number of hydrogen-bond donors (Lipinski definition) is 4. The van der Waals surface area contributed by atoms with Gasteiger partial charge in [-0.3, -0.25) is 9.59 Å². The van der Waals surface area contributed by atoms with Gasteiger partial charge in [0.05, 0.1) is 21.5 Å². The topological polar surface area (TPSA) is 159 Å². The van der Waals surface area contributed by atoms with Crippen LogP contribution in [0.3, 0.4) is 0 Å². The van der Waals surface area contributed by atoms with Crippen LogP contribution in [0.15, 0.2) is 53.1 Å². The molecule has 2 amide bonds. The van der Waals surface area contributed by atoms with Crippen LogP contribution in [0.2, 0.25) is 0 Å². The van der Waals surface area contributed by atoms with Crippen LogP contribution in [0.4, 0.5) is 21.8 Å². The van der Waals surface area contributed by atoms with Gasteiger partial charge in [0.2, 0.25) is 21.9 Å². The summed E-state index contributed by atoms with van der Waals surface area (Å²) in [5, 5.41) is 8.90. The summed E-state index contributed by atoms with van der Waals surface area (Å²) in [6.45, 7) is 2.85. The molecule has 11 nitrogen and oxygen atoms in total. The fourth-order valence-corrected chi connectivity index (χ4v) is 7.04. The first kappa shape index (κ1) is 37.8. The van der Waals surface area contributed by atoms with Gasteiger partial charge in [-0.25, -0.2) is 22.1 Å². The van der Waals surface area contributed by atoms with Gasteiger partial charge in [-0.2, -0.15) is 4.98 Å². The van der Waals surface area contributed by atoms with Crippen LogP contribution in [0.5, 0.6) is 0 Å². The largest absolute Gasteiger partial charge is 0.365 e. The Balaban J connectivity index is 1.16. The monoisotopic (exact) mass is 755 g/mol. The van der Waals surface area contributed by atoms with Gasteiger partial charge in [-0.15, -0.1) is 0 Å². The maximum atomic E-state index is 14.2. The third-order valence-electron chi connectivity index (χ3n) is 8.08. The van der Waals surface area contributed by atoms with Gasteiger partial charge in [0.25, 0.3) is 5.91 Å². The van der Waals surface area contributed by atoms with Crippen molar-refractivity contribution in [3.05, 3.63) is 75.6 Å². The number of unbranched alkanes of at least 4 members (excludes halogenated alkanes) is 3. The SMILES string of the molecule is CCCCCC#Cc1ccc(CCCC(=O)NCCS(=O)(=O)N2CCC(Nc3ncc(Br)c(Nc4cccc(F)c4C(N)=O)n3)CC2)cc1. The molecule has 2 heterocycles. The van der Waals surface area contributed by atoms with Crippen LogP contribution in [0.1, 0.15) is 79.8 Å². The number of aryl methyl sites for hydroxylation is 1. The number of rotatable bonds is 16. The van der Waals surface area contributed by atoms with Gasteiger partial charge in [0.15, 0.2) is 0 Å². The number of benzene rings is 2. The minimum absolute atomic E-state index is 0.0518. The van der Waals surface area contributed by atoms with Gasteiger partial charge in [-0.1, -0.05) is 49.8 Å². The number of anilines is 3. The van der Waals surface area contributed by atoms with Crippen molar-refractivity contribution < 1.29 is 22.4 Å². The number of aromatic nitrogens is 2. The van der Waals surface area contributed by atoms with Crippen molar-refractivity contribution >= 4 is 55.2 Å². The third-order valence-corrected chi connectivity index (χ3v) is 10.5. The second-order valence-electron chi connectivity index (χ2n) is 11.8. The average Bonchev–Trinajstić information content (AvgIpc) is 3.07. The predicted molar refractivity (Wildman–Crippen MR) is 193 cm³/mol. The number of nitrogens with two attached hydrogens (primary N) is 1. The number of nitrogens with one attached hydrogen (secondary N) is 3. The molecular weight excluding hydrogens is 713 g/mol. The summed E-state index contributed by atoms with van der Waals surface area (Å²) in [7, 11) is -3.55. The van der Waals surface area contributed by atoms with Crippen molar-refractivity contribution in [1.82, 2.24) is 19.6 Å². The summed E-state index contributed by atoms with van der Waals surface area (Å²) in [5.74, 6) is 4.97. The van der Waals surface area contributed by atoms with Crippen LogP contribution < -0.4 is 21.7 Å². The Bertz CT molecular complexity index is 1760. The smallest absolute Gasteiger partial charge is 0.253 e. The molecule has 0 unspecified atom stereocenters. The highest BCUT2D eigenvalue weighted by molar-refractivity contribution is 9.10. The molecule has 2 aromatic carbocycles. The Morgan fingerprint density at radius 3 is 2.57 bits per heavy atom. The first-order valence-electron chi connectivity index (χ1n) is 16.5. The van der Waals surface area contributed by atoms with Gasteiger partial charge >= 0.3 is 0 Å². The maximum Gasteiger partial charge on any atom is 0.253 e. The molecular formula is C35H43BrFN7O4S. The first-order chi connectivity index (χ1) is 23.6. The number of amides is 2. The van der Waals surface area contributed by atoms with Gasteiger partial charge in [-0.05, 0) is 77.9 Å². The molecule has 14 heteroatoms.